The number of nitrogens with one attached hydrogen (secondary N) is 1. The van der Waals surface area contributed by atoms with Crippen LogP contribution >= 0.6 is 0 Å². The molecule has 2 aliphatic rings. The number of Topliss-reactive ketones (excluding diaryl/α,β-unsaturated/α-hetero) is 1. The second-order valence-electron chi connectivity index (χ2n) is 9.90. The predicted molar refractivity (Wildman–Crippen MR) is 142 cm³/mol. The average molecular weight is 547 g/mol. The van der Waals surface area contributed by atoms with E-state index in [-0.39, 0.29) is 35.6 Å². The molecule has 214 valence electrons. The van der Waals surface area contributed by atoms with Crippen LogP contribution in [0.3, 0.4) is 0 Å². The number of ether oxygens (including phenoxy) is 3. The van der Waals surface area contributed by atoms with Crippen molar-refractivity contribution in [1.82, 2.24) is 5.32 Å². The second kappa shape index (κ2) is 14.0. The molecule has 39 heavy (non-hydrogen) atoms. The second-order valence-corrected chi connectivity index (χ2v) is 9.90. The molecule has 11 nitrogen and oxygen atoms in total. The predicted octanol–water partition coefficient (Wildman–Crippen LogP) is 2.32. The van der Waals surface area contributed by atoms with Crippen molar-refractivity contribution in [2.75, 3.05) is 14.2 Å². The van der Waals surface area contributed by atoms with Gasteiger partial charge in [-0.3, -0.25) is 14.4 Å². The van der Waals surface area contributed by atoms with Gasteiger partial charge < -0.3 is 35.5 Å². The van der Waals surface area contributed by atoms with Gasteiger partial charge in [-0.05, 0) is 38.2 Å². The Morgan fingerprint density at radius 3 is 2.38 bits per heavy atom. The van der Waals surface area contributed by atoms with Gasteiger partial charge >= 0.3 is 6.09 Å². The zero-order valence-electron chi connectivity index (χ0n) is 23.1. The fourth-order valence-electron chi connectivity index (χ4n) is 4.57. The van der Waals surface area contributed by atoms with Gasteiger partial charge in [0.25, 0.3) is 5.91 Å². The van der Waals surface area contributed by atoms with Gasteiger partial charge in [0, 0.05) is 37.4 Å². The van der Waals surface area contributed by atoms with Crippen molar-refractivity contribution in [2.24, 2.45) is 17.6 Å². The molecule has 6 atom stereocenters. The zero-order valence-corrected chi connectivity index (χ0v) is 23.1. The minimum Gasteiger partial charge on any atom is -0.505 e. The van der Waals surface area contributed by atoms with Gasteiger partial charge in [0.05, 0.1) is 17.9 Å². The highest BCUT2D eigenvalue weighted by Crippen LogP contribution is 2.29. The molecule has 0 spiro atoms. The van der Waals surface area contributed by atoms with E-state index in [4.69, 9.17) is 19.9 Å². The van der Waals surface area contributed by atoms with Gasteiger partial charge in [-0.2, -0.15) is 0 Å². The number of carbonyl (C=O) groups excluding carboxylic acids is 4. The first-order chi connectivity index (χ1) is 18.3. The number of rotatable bonds is 3. The largest absolute Gasteiger partial charge is 0.505 e. The fraction of sp³-hybridized carbons (Fsp3) is 0.500. The molecule has 1 aliphatic carbocycles. The lowest BCUT2D eigenvalue weighted by Crippen LogP contribution is -2.37. The van der Waals surface area contributed by atoms with Crippen LogP contribution in [0.15, 0.2) is 58.6 Å². The summed E-state index contributed by atoms with van der Waals surface area (Å²) in [7, 11) is 2.86. The molecule has 0 aromatic carbocycles. The smallest absolute Gasteiger partial charge is 0.405 e. The molecule has 0 saturated heterocycles. The Balaban J connectivity index is 2.59. The molecule has 0 aromatic heterocycles. The third-order valence-electron chi connectivity index (χ3n) is 6.77. The number of primary amides is 1. The molecule has 1 heterocycles. The number of amides is 2. The number of fused-ring (bicyclic) bond motifs is 1. The summed E-state index contributed by atoms with van der Waals surface area (Å²) in [5, 5.41) is 24.3. The van der Waals surface area contributed by atoms with Gasteiger partial charge in [-0.25, -0.2) is 4.79 Å². The molecule has 0 fully saturated rings. The Bertz CT molecular complexity index is 1130. The van der Waals surface area contributed by atoms with Crippen LogP contribution < -0.4 is 11.1 Å². The van der Waals surface area contributed by atoms with E-state index in [0.717, 1.165) is 6.08 Å². The maximum absolute atomic E-state index is 12.8. The number of hydrogen-bond donors (Lipinski definition) is 4. The summed E-state index contributed by atoms with van der Waals surface area (Å²) in [6.45, 7) is 6.79. The van der Waals surface area contributed by atoms with E-state index in [0.29, 0.717) is 5.57 Å². The average Bonchev–Trinajstić information content (AvgIpc) is 2.88. The van der Waals surface area contributed by atoms with Gasteiger partial charge in [0.2, 0.25) is 11.6 Å². The summed E-state index contributed by atoms with van der Waals surface area (Å²) in [4.78, 5) is 49.4. The van der Waals surface area contributed by atoms with Crippen molar-refractivity contribution in [3.63, 3.8) is 0 Å². The normalized spacial score (nSPS) is 33.3. The number of methoxy groups -OCH3 is 2. The first-order valence-corrected chi connectivity index (χ1v) is 12.6. The molecule has 0 aromatic rings. The number of hydrogen-bond acceptors (Lipinski definition) is 9. The van der Waals surface area contributed by atoms with Crippen LogP contribution in [0.4, 0.5) is 4.79 Å². The monoisotopic (exact) mass is 546 g/mol. The van der Waals surface area contributed by atoms with E-state index >= 15 is 0 Å². The third kappa shape index (κ3) is 8.22. The Morgan fingerprint density at radius 2 is 1.79 bits per heavy atom. The maximum Gasteiger partial charge on any atom is 0.405 e. The number of allylic oxidation sites excluding steroid dienone is 4. The van der Waals surface area contributed by atoms with Crippen molar-refractivity contribution < 1.29 is 43.6 Å². The lowest BCUT2D eigenvalue weighted by Gasteiger charge is -2.29. The summed E-state index contributed by atoms with van der Waals surface area (Å²) in [5.41, 5.74) is 5.79. The van der Waals surface area contributed by atoms with E-state index in [2.05, 4.69) is 5.32 Å². The summed E-state index contributed by atoms with van der Waals surface area (Å²) < 4.78 is 16.4. The number of aliphatic hydroxyl groups excluding tert-OH is 2. The topological polar surface area (TPSA) is 174 Å². The molecule has 0 unspecified atom stereocenters. The van der Waals surface area contributed by atoms with Crippen molar-refractivity contribution in [3.8, 4) is 0 Å². The number of ketones is 2. The third-order valence-corrected chi connectivity index (χ3v) is 6.77. The quantitative estimate of drug-likeness (QED) is 0.235. The van der Waals surface area contributed by atoms with Crippen LogP contribution in [0.5, 0.6) is 0 Å². The molecular weight excluding hydrogens is 508 g/mol. The summed E-state index contributed by atoms with van der Waals surface area (Å²) in [5.74, 6) is -3.58. The van der Waals surface area contributed by atoms with Crippen LogP contribution in [0, 0.1) is 11.8 Å². The van der Waals surface area contributed by atoms with E-state index in [1.807, 2.05) is 0 Å². The van der Waals surface area contributed by atoms with Crippen LogP contribution in [0.25, 0.3) is 0 Å². The Labute approximate surface area is 228 Å². The molecular formula is C28H38N2O9. The molecule has 11 heteroatoms. The molecule has 2 amide bonds. The van der Waals surface area contributed by atoms with Gasteiger partial charge in [-0.15, -0.1) is 0 Å². The van der Waals surface area contributed by atoms with Crippen LogP contribution in [0.1, 0.15) is 40.5 Å². The lowest BCUT2D eigenvalue weighted by atomic mass is 9.85. The minimum atomic E-state index is -1.01. The SMILES string of the molecule is CO[C@H]1/C=C/C=C(/C)C(=O)NC2=CC(=O)C(=O)C(=C2O)C[C@@H](C)C[C@H](OC)[C@H](O)[C@@H](C)/C=C(\C)[C@@H]1OC(N)=O. The fourth-order valence-corrected chi connectivity index (χ4v) is 4.57. The number of nitrogens with two attached hydrogens (primary N) is 1. The summed E-state index contributed by atoms with van der Waals surface area (Å²) >= 11 is 0. The van der Waals surface area contributed by atoms with E-state index < -0.39 is 59.7 Å². The molecule has 5 N–H and O–H groups in total. The van der Waals surface area contributed by atoms with Gasteiger partial charge in [0.1, 0.15) is 11.9 Å². The molecule has 2 bridgehead atoms. The Kier molecular flexibility index (Phi) is 11.4. The molecule has 2 rings (SSSR count). The zero-order chi connectivity index (χ0) is 29.4. The first-order valence-electron chi connectivity index (χ1n) is 12.6. The Morgan fingerprint density at radius 1 is 1.13 bits per heavy atom. The van der Waals surface area contributed by atoms with Crippen molar-refractivity contribution >= 4 is 23.6 Å². The van der Waals surface area contributed by atoms with E-state index in [9.17, 15) is 29.4 Å². The first kappa shape index (κ1) is 31.7. The maximum atomic E-state index is 12.8. The van der Waals surface area contributed by atoms with Crippen LogP contribution in [0.2, 0.25) is 0 Å². The summed E-state index contributed by atoms with van der Waals surface area (Å²) in [6.07, 6.45) is 3.07. The highest BCUT2D eigenvalue weighted by molar-refractivity contribution is 6.48. The van der Waals surface area contributed by atoms with Crippen LogP contribution in [-0.2, 0) is 28.6 Å². The van der Waals surface area contributed by atoms with Gasteiger partial charge in [0.15, 0.2) is 6.10 Å². The van der Waals surface area contributed by atoms with Gasteiger partial charge in [-0.1, -0.05) is 38.2 Å². The highest BCUT2D eigenvalue weighted by atomic mass is 16.6. The summed E-state index contributed by atoms with van der Waals surface area (Å²) in [6, 6.07) is 0. The molecule has 0 radical (unpaired) electrons. The molecule has 1 aliphatic heterocycles. The molecule has 0 saturated carbocycles. The lowest BCUT2D eigenvalue weighted by molar-refractivity contribution is -0.132. The van der Waals surface area contributed by atoms with Crippen molar-refractivity contribution in [1.29, 1.82) is 0 Å². The van der Waals surface area contributed by atoms with Crippen molar-refractivity contribution in [3.05, 3.63) is 58.6 Å². The van der Waals surface area contributed by atoms with Crippen LogP contribution in [-0.4, -0.2) is 72.4 Å². The standard InChI is InChI=1S/C28H38N2O9/c1-14-10-18-24(33)19(13-20(31)25(18)34)30-27(35)15(2)8-7-9-21(37-5)26(39-28(29)36)17(4)12-16(3)23(32)22(11-14)38-6/h7-9,12-14,16,21-23,26,32-33H,10-11H2,1-6H3,(H2,29,36)(H,30,35)/b9-7+,15-8-,17-12+/t14-,16+,21+,22+,23-,26+/m1/s1. The number of carbonyl (C=O) groups is 4. The van der Waals surface area contributed by atoms with E-state index in [1.165, 1.54) is 33.3 Å². The minimum absolute atomic E-state index is 0.0149. The number of aliphatic hydroxyl groups is 2. The highest BCUT2D eigenvalue weighted by Gasteiger charge is 2.33. The Hall–Kier alpha value is -3.54. The van der Waals surface area contributed by atoms with E-state index in [1.54, 1.807) is 32.9 Å². The van der Waals surface area contributed by atoms with Crippen molar-refractivity contribution in [2.45, 2.75) is 65.0 Å².